The first-order valence-electron chi connectivity index (χ1n) is 5.37. The molecule has 2 rings (SSSR count). The van der Waals surface area contributed by atoms with Gasteiger partial charge in [-0.15, -0.1) is 0 Å². The third-order valence-corrected chi connectivity index (χ3v) is 2.63. The van der Waals surface area contributed by atoms with Crippen molar-refractivity contribution in [2.24, 2.45) is 0 Å². The fourth-order valence-corrected chi connectivity index (χ4v) is 1.97. The largest absolute Gasteiger partial charge is 0.469 e. The summed E-state index contributed by atoms with van der Waals surface area (Å²) in [6.45, 7) is 5.94. The zero-order valence-corrected chi connectivity index (χ0v) is 9.82. The van der Waals surface area contributed by atoms with Gasteiger partial charge in [-0.05, 0) is 32.4 Å². The van der Waals surface area contributed by atoms with Crippen LogP contribution in [0.1, 0.15) is 34.1 Å². The molecular weight excluding hydrogens is 200 g/mol. The maximum atomic E-state index is 10.2. The van der Waals surface area contributed by atoms with E-state index in [1.807, 2.05) is 39.0 Å². The molecule has 0 radical (unpaired) electrons. The van der Waals surface area contributed by atoms with E-state index in [1.54, 1.807) is 6.26 Å². The minimum Gasteiger partial charge on any atom is -0.469 e. The molecule has 0 amide bonds. The maximum Gasteiger partial charge on any atom is 0.107 e. The molecule has 2 aromatic rings. The summed E-state index contributed by atoms with van der Waals surface area (Å²) >= 11 is 0. The Balaban J connectivity index is 2.37. The Hall–Kier alpha value is -1.54. The third kappa shape index (κ3) is 2.17. The predicted molar refractivity (Wildman–Crippen MR) is 63.4 cm³/mol. The summed E-state index contributed by atoms with van der Waals surface area (Å²) in [5, 5.41) is 10.2. The average Bonchev–Trinajstić information content (AvgIpc) is 2.62. The Labute approximate surface area is 95.5 Å². The molecule has 16 heavy (non-hydrogen) atoms. The van der Waals surface area contributed by atoms with Crippen LogP contribution in [0.25, 0.3) is 0 Å². The highest BCUT2D eigenvalue weighted by Crippen LogP contribution is 2.25. The molecule has 2 heteroatoms. The van der Waals surface area contributed by atoms with Crippen LogP contribution < -0.4 is 0 Å². The van der Waals surface area contributed by atoms with E-state index in [0.29, 0.717) is 0 Å². The first-order valence-corrected chi connectivity index (χ1v) is 5.37. The second kappa shape index (κ2) is 4.14. The van der Waals surface area contributed by atoms with Crippen molar-refractivity contribution in [3.8, 4) is 0 Å². The molecule has 1 N–H and O–H groups in total. The third-order valence-electron chi connectivity index (χ3n) is 2.63. The van der Waals surface area contributed by atoms with Crippen molar-refractivity contribution in [3.05, 3.63) is 58.5 Å². The van der Waals surface area contributed by atoms with Gasteiger partial charge in [-0.3, -0.25) is 0 Å². The number of aliphatic hydroxyl groups is 1. The zero-order chi connectivity index (χ0) is 11.7. The smallest absolute Gasteiger partial charge is 0.107 e. The Kier molecular flexibility index (Phi) is 2.84. The molecule has 0 aliphatic heterocycles. The highest BCUT2D eigenvalue weighted by atomic mass is 16.3. The van der Waals surface area contributed by atoms with Gasteiger partial charge in [0.15, 0.2) is 0 Å². The zero-order valence-electron chi connectivity index (χ0n) is 9.82. The summed E-state index contributed by atoms with van der Waals surface area (Å²) in [6.07, 6.45) is 1.01. The molecule has 0 fully saturated rings. The van der Waals surface area contributed by atoms with Gasteiger partial charge in [0, 0.05) is 5.56 Å². The lowest BCUT2D eigenvalue weighted by molar-refractivity contribution is 0.219. The first kappa shape index (κ1) is 11.0. The van der Waals surface area contributed by atoms with Gasteiger partial charge in [-0.2, -0.15) is 0 Å². The molecular formula is C14H16O2. The lowest BCUT2D eigenvalue weighted by Crippen LogP contribution is -1.99. The van der Waals surface area contributed by atoms with Crippen LogP contribution >= 0.6 is 0 Å². The highest BCUT2D eigenvalue weighted by Gasteiger charge is 2.13. The van der Waals surface area contributed by atoms with Crippen molar-refractivity contribution in [1.29, 1.82) is 0 Å². The Morgan fingerprint density at radius 3 is 2.06 bits per heavy atom. The van der Waals surface area contributed by atoms with Crippen LogP contribution in [0, 0.1) is 20.8 Å². The van der Waals surface area contributed by atoms with Gasteiger partial charge in [0.1, 0.15) is 11.9 Å². The van der Waals surface area contributed by atoms with Gasteiger partial charge in [-0.25, -0.2) is 0 Å². The average molecular weight is 216 g/mol. The monoisotopic (exact) mass is 216 g/mol. The number of benzene rings is 1. The Bertz CT molecular complexity index is 477. The molecule has 2 nitrogen and oxygen atoms in total. The van der Waals surface area contributed by atoms with E-state index < -0.39 is 6.10 Å². The van der Waals surface area contributed by atoms with Crippen LogP contribution in [0.2, 0.25) is 0 Å². The quantitative estimate of drug-likeness (QED) is 0.835. The number of furan rings is 1. The molecule has 0 saturated carbocycles. The number of aliphatic hydroxyl groups excluding tert-OH is 1. The van der Waals surface area contributed by atoms with Crippen molar-refractivity contribution in [3.63, 3.8) is 0 Å². The predicted octanol–water partition coefficient (Wildman–Crippen LogP) is 3.29. The standard InChI is InChI=1S/C14H16O2/c1-9-4-10(2)6-12(5-9)14(15)13-7-11(3)16-8-13/h4-8,14-15H,1-3H3. The summed E-state index contributed by atoms with van der Waals surface area (Å²) in [6, 6.07) is 7.96. The van der Waals surface area contributed by atoms with Gasteiger partial charge >= 0.3 is 0 Å². The van der Waals surface area contributed by atoms with E-state index in [-0.39, 0.29) is 0 Å². The van der Waals surface area contributed by atoms with E-state index in [2.05, 4.69) is 6.07 Å². The van der Waals surface area contributed by atoms with E-state index in [1.165, 1.54) is 0 Å². The van der Waals surface area contributed by atoms with Gasteiger partial charge in [0.05, 0.1) is 6.26 Å². The molecule has 1 aromatic heterocycles. The highest BCUT2D eigenvalue weighted by molar-refractivity contribution is 5.34. The topological polar surface area (TPSA) is 33.4 Å². The lowest BCUT2D eigenvalue weighted by Gasteiger charge is -2.10. The van der Waals surface area contributed by atoms with Crippen molar-refractivity contribution in [2.75, 3.05) is 0 Å². The summed E-state index contributed by atoms with van der Waals surface area (Å²) in [4.78, 5) is 0. The van der Waals surface area contributed by atoms with Gasteiger partial charge in [-0.1, -0.05) is 29.3 Å². The number of hydrogen-bond acceptors (Lipinski definition) is 2. The van der Waals surface area contributed by atoms with Crippen LogP contribution in [0.15, 0.2) is 34.9 Å². The molecule has 0 spiro atoms. The normalized spacial score (nSPS) is 12.8. The van der Waals surface area contributed by atoms with E-state index in [9.17, 15) is 5.11 Å². The molecule has 1 aromatic carbocycles. The summed E-state index contributed by atoms with van der Waals surface area (Å²) in [5.74, 6) is 0.818. The molecule has 1 atom stereocenters. The first-order chi connectivity index (χ1) is 7.56. The number of aryl methyl sites for hydroxylation is 3. The molecule has 1 unspecified atom stereocenters. The van der Waals surface area contributed by atoms with Crippen molar-refractivity contribution >= 4 is 0 Å². The van der Waals surface area contributed by atoms with Crippen LogP contribution in [0.3, 0.4) is 0 Å². The van der Waals surface area contributed by atoms with Crippen LogP contribution in [-0.4, -0.2) is 5.11 Å². The van der Waals surface area contributed by atoms with Crippen molar-refractivity contribution in [1.82, 2.24) is 0 Å². The van der Waals surface area contributed by atoms with E-state index in [4.69, 9.17) is 4.42 Å². The van der Waals surface area contributed by atoms with Crippen LogP contribution in [0.4, 0.5) is 0 Å². The van der Waals surface area contributed by atoms with Gasteiger partial charge < -0.3 is 9.52 Å². The molecule has 1 heterocycles. The number of rotatable bonds is 2. The number of hydrogen-bond donors (Lipinski definition) is 1. The van der Waals surface area contributed by atoms with Crippen LogP contribution in [-0.2, 0) is 0 Å². The second-order valence-electron chi connectivity index (χ2n) is 4.31. The minimum atomic E-state index is -0.601. The Morgan fingerprint density at radius 2 is 1.56 bits per heavy atom. The fourth-order valence-electron chi connectivity index (χ4n) is 1.97. The lowest BCUT2D eigenvalue weighted by atomic mass is 10.00. The maximum absolute atomic E-state index is 10.2. The molecule has 0 aliphatic carbocycles. The Morgan fingerprint density at radius 1 is 0.938 bits per heavy atom. The minimum absolute atomic E-state index is 0.601. The molecule has 0 aliphatic rings. The summed E-state index contributed by atoms with van der Waals surface area (Å²) < 4.78 is 5.21. The van der Waals surface area contributed by atoms with E-state index >= 15 is 0 Å². The van der Waals surface area contributed by atoms with Gasteiger partial charge in [0.2, 0.25) is 0 Å². The van der Waals surface area contributed by atoms with E-state index in [0.717, 1.165) is 28.0 Å². The van der Waals surface area contributed by atoms with Gasteiger partial charge in [0.25, 0.3) is 0 Å². The molecule has 84 valence electrons. The SMILES string of the molecule is Cc1cc(C)cc(C(O)c2coc(C)c2)c1. The van der Waals surface area contributed by atoms with Crippen molar-refractivity contribution in [2.45, 2.75) is 26.9 Å². The second-order valence-corrected chi connectivity index (χ2v) is 4.31. The molecule has 0 saturated heterocycles. The van der Waals surface area contributed by atoms with Crippen molar-refractivity contribution < 1.29 is 9.52 Å². The molecule has 0 bridgehead atoms. The van der Waals surface area contributed by atoms with Crippen LogP contribution in [0.5, 0.6) is 0 Å². The summed E-state index contributed by atoms with van der Waals surface area (Å²) in [7, 11) is 0. The fraction of sp³-hybridized carbons (Fsp3) is 0.286. The summed E-state index contributed by atoms with van der Waals surface area (Å²) in [5.41, 5.74) is 4.05.